The van der Waals surface area contributed by atoms with Crippen LogP contribution in [0.15, 0.2) is 16.6 Å². The number of benzene rings is 1. The van der Waals surface area contributed by atoms with E-state index in [1.165, 1.54) is 23.9 Å². The van der Waals surface area contributed by atoms with Crippen molar-refractivity contribution in [1.29, 1.82) is 0 Å². The number of thioether (sulfide) groups is 1. The molecule has 1 aliphatic heterocycles. The highest BCUT2D eigenvalue weighted by molar-refractivity contribution is 9.10. The maximum atomic E-state index is 13.3. The lowest BCUT2D eigenvalue weighted by molar-refractivity contribution is -0.124. The summed E-state index contributed by atoms with van der Waals surface area (Å²) in [5, 5.41) is 0. The zero-order chi connectivity index (χ0) is 12.6. The van der Waals surface area contributed by atoms with Gasteiger partial charge in [0.25, 0.3) is 0 Å². The fourth-order valence-corrected chi connectivity index (χ4v) is 2.68. The summed E-state index contributed by atoms with van der Waals surface area (Å²) in [5.74, 6) is -0.362. The van der Waals surface area contributed by atoms with E-state index in [0.717, 1.165) is 4.90 Å². The second kappa shape index (κ2) is 4.78. The summed E-state index contributed by atoms with van der Waals surface area (Å²) in [7, 11) is 0. The molecule has 0 radical (unpaired) electrons. The van der Waals surface area contributed by atoms with E-state index < -0.39 is 5.82 Å². The van der Waals surface area contributed by atoms with E-state index in [1.807, 2.05) is 0 Å². The Morgan fingerprint density at radius 1 is 1.29 bits per heavy atom. The van der Waals surface area contributed by atoms with Gasteiger partial charge in [-0.3, -0.25) is 9.59 Å². The summed E-state index contributed by atoms with van der Waals surface area (Å²) in [6.45, 7) is 1.67. The van der Waals surface area contributed by atoms with E-state index in [0.29, 0.717) is 11.3 Å². The number of rotatable bonds is 1. The molecule has 0 saturated carbocycles. The van der Waals surface area contributed by atoms with Crippen molar-refractivity contribution in [2.45, 2.75) is 6.92 Å². The van der Waals surface area contributed by atoms with Gasteiger partial charge in [-0.15, -0.1) is 11.8 Å². The molecule has 1 aliphatic rings. The van der Waals surface area contributed by atoms with Crippen molar-refractivity contribution in [3.8, 4) is 0 Å². The van der Waals surface area contributed by atoms with E-state index in [1.54, 1.807) is 6.92 Å². The number of anilines is 1. The molecule has 1 aromatic carbocycles. The zero-order valence-electron chi connectivity index (χ0n) is 9.00. The highest BCUT2D eigenvalue weighted by atomic mass is 79.9. The summed E-state index contributed by atoms with van der Waals surface area (Å²) in [4.78, 5) is 24.6. The molecule has 90 valence electrons. The van der Waals surface area contributed by atoms with Crippen molar-refractivity contribution in [1.82, 2.24) is 0 Å². The molecule has 6 heteroatoms. The van der Waals surface area contributed by atoms with Crippen LogP contribution in [0.1, 0.15) is 5.56 Å². The standard InChI is InChI=1S/C11H9BrFNO2S/c1-6-2-8(13)7(12)3-9(6)14-10(15)4-17-5-11(14)16/h2-3H,4-5H2,1H3. The molecule has 2 amide bonds. The van der Waals surface area contributed by atoms with Crippen LogP contribution >= 0.6 is 27.7 Å². The van der Waals surface area contributed by atoms with Crippen LogP contribution in [0, 0.1) is 12.7 Å². The number of carbonyl (C=O) groups excluding carboxylic acids is 2. The minimum atomic E-state index is -0.405. The van der Waals surface area contributed by atoms with E-state index in [2.05, 4.69) is 15.9 Å². The van der Waals surface area contributed by atoms with Gasteiger partial charge in [0.1, 0.15) is 5.82 Å². The number of hydrogen-bond donors (Lipinski definition) is 0. The van der Waals surface area contributed by atoms with Gasteiger partial charge in [-0.2, -0.15) is 0 Å². The van der Waals surface area contributed by atoms with Crippen LogP contribution in [0.5, 0.6) is 0 Å². The van der Waals surface area contributed by atoms with Gasteiger partial charge in [-0.25, -0.2) is 9.29 Å². The monoisotopic (exact) mass is 317 g/mol. The average Bonchev–Trinajstić information content (AvgIpc) is 2.25. The highest BCUT2D eigenvalue weighted by Gasteiger charge is 2.29. The van der Waals surface area contributed by atoms with Crippen LogP contribution in [0.4, 0.5) is 10.1 Å². The van der Waals surface area contributed by atoms with Crippen LogP contribution in [0.25, 0.3) is 0 Å². The smallest absolute Gasteiger partial charge is 0.243 e. The molecule has 0 unspecified atom stereocenters. The summed E-state index contributed by atoms with van der Waals surface area (Å²) in [5.41, 5.74) is 1.02. The molecule has 1 saturated heterocycles. The molecule has 0 N–H and O–H groups in total. The maximum absolute atomic E-state index is 13.3. The molecular formula is C11H9BrFNO2S. The van der Waals surface area contributed by atoms with Crippen LogP contribution < -0.4 is 4.90 Å². The van der Waals surface area contributed by atoms with Crippen molar-refractivity contribution < 1.29 is 14.0 Å². The van der Waals surface area contributed by atoms with Gasteiger partial charge in [-0.05, 0) is 40.5 Å². The first-order valence-corrected chi connectivity index (χ1v) is 6.84. The number of carbonyl (C=O) groups is 2. The SMILES string of the molecule is Cc1cc(F)c(Br)cc1N1C(=O)CSCC1=O. The first-order chi connectivity index (χ1) is 8.00. The second-order valence-electron chi connectivity index (χ2n) is 3.67. The van der Waals surface area contributed by atoms with Gasteiger partial charge in [0.05, 0.1) is 21.7 Å². The number of amides is 2. The van der Waals surface area contributed by atoms with Crippen LogP contribution in [0.3, 0.4) is 0 Å². The third kappa shape index (κ3) is 2.37. The Balaban J connectivity index is 2.48. The maximum Gasteiger partial charge on any atom is 0.243 e. The minimum Gasteiger partial charge on any atom is -0.273 e. The molecule has 3 nitrogen and oxygen atoms in total. The van der Waals surface area contributed by atoms with Gasteiger partial charge in [0, 0.05) is 0 Å². The number of imide groups is 1. The van der Waals surface area contributed by atoms with Gasteiger partial charge >= 0.3 is 0 Å². The minimum absolute atomic E-state index is 0.247. The number of aryl methyl sites for hydroxylation is 1. The molecule has 1 aromatic rings. The molecule has 0 bridgehead atoms. The molecule has 0 aliphatic carbocycles. The Morgan fingerprint density at radius 2 is 1.88 bits per heavy atom. The Kier molecular flexibility index (Phi) is 3.53. The third-order valence-corrected chi connectivity index (χ3v) is 3.94. The van der Waals surface area contributed by atoms with E-state index >= 15 is 0 Å². The normalized spacial score (nSPS) is 16.5. The fourth-order valence-electron chi connectivity index (χ4n) is 1.64. The predicted molar refractivity (Wildman–Crippen MR) is 68.7 cm³/mol. The van der Waals surface area contributed by atoms with E-state index in [4.69, 9.17) is 0 Å². The predicted octanol–water partition coefficient (Wildman–Crippen LogP) is 2.50. The molecule has 17 heavy (non-hydrogen) atoms. The van der Waals surface area contributed by atoms with Crippen LogP contribution in [0.2, 0.25) is 0 Å². The quantitative estimate of drug-likeness (QED) is 0.747. The van der Waals surface area contributed by atoms with E-state index in [-0.39, 0.29) is 27.8 Å². The van der Waals surface area contributed by atoms with Crippen molar-refractivity contribution in [2.75, 3.05) is 16.4 Å². The van der Waals surface area contributed by atoms with Gasteiger partial charge in [0.15, 0.2) is 0 Å². The third-order valence-electron chi connectivity index (χ3n) is 2.43. The molecular weight excluding hydrogens is 309 g/mol. The Morgan fingerprint density at radius 3 is 2.47 bits per heavy atom. The molecule has 1 fully saturated rings. The van der Waals surface area contributed by atoms with Gasteiger partial charge in [-0.1, -0.05) is 0 Å². The summed E-state index contributed by atoms with van der Waals surface area (Å²) >= 11 is 4.35. The molecule has 1 heterocycles. The fraction of sp³-hybridized carbons (Fsp3) is 0.273. The summed E-state index contributed by atoms with van der Waals surface area (Å²) < 4.78 is 13.5. The van der Waals surface area contributed by atoms with Crippen molar-refractivity contribution >= 4 is 45.2 Å². The molecule has 0 aromatic heterocycles. The first-order valence-electron chi connectivity index (χ1n) is 4.90. The summed E-state index contributed by atoms with van der Waals surface area (Å²) in [6, 6.07) is 2.78. The largest absolute Gasteiger partial charge is 0.273 e. The molecule has 2 rings (SSSR count). The lowest BCUT2D eigenvalue weighted by Gasteiger charge is -2.26. The average molecular weight is 318 g/mol. The number of hydrogen-bond acceptors (Lipinski definition) is 3. The van der Waals surface area contributed by atoms with Crippen LogP contribution in [-0.4, -0.2) is 23.3 Å². The molecule has 0 spiro atoms. The molecule has 0 atom stereocenters. The van der Waals surface area contributed by atoms with Gasteiger partial charge in [0.2, 0.25) is 11.8 Å². The van der Waals surface area contributed by atoms with Crippen LogP contribution in [-0.2, 0) is 9.59 Å². The highest BCUT2D eigenvalue weighted by Crippen LogP contribution is 2.29. The first kappa shape index (κ1) is 12.6. The summed E-state index contributed by atoms with van der Waals surface area (Å²) in [6.07, 6.45) is 0. The zero-order valence-corrected chi connectivity index (χ0v) is 11.4. The lowest BCUT2D eigenvalue weighted by atomic mass is 10.1. The Labute approximate surface area is 110 Å². The van der Waals surface area contributed by atoms with Crippen molar-refractivity contribution in [3.63, 3.8) is 0 Å². The Hall–Kier alpha value is -0.880. The lowest BCUT2D eigenvalue weighted by Crippen LogP contribution is -2.43. The number of halogens is 2. The van der Waals surface area contributed by atoms with Crippen molar-refractivity contribution in [2.24, 2.45) is 0 Å². The van der Waals surface area contributed by atoms with Gasteiger partial charge < -0.3 is 0 Å². The van der Waals surface area contributed by atoms with E-state index in [9.17, 15) is 14.0 Å². The topological polar surface area (TPSA) is 37.4 Å². The second-order valence-corrected chi connectivity index (χ2v) is 5.51. The Bertz CT molecular complexity index is 490. The number of nitrogens with zero attached hydrogens (tertiary/aromatic N) is 1. The van der Waals surface area contributed by atoms with Crippen molar-refractivity contribution in [3.05, 3.63) is 28.0 Å².